The van der Waals surface area contributed by atoms with Crippen molar-refractivity contribution in [1.29, 1.82) is 0 Å². The Morgan fingerprint density at radius 1 is 1.05 bits per heavy atom. The van der Waals surface area contributed by atoms with Crippen molar-refractivity contribution < 1.29 is 4.79 Å². The molecule has 2 aromatic carbocycles. The van der Waals surface area contributed by atoms with Crippen LogP contribution in [0.3, 0.4) is 0 Å². The number of hydrogen-bond donors (Lipinski definition) is 1. The predicted octanol–water partition coefficient (Wildman–Crippen LogP) is 3.88. The molecule has 21 heavy (non-hydrogen) atoms. The number of hydrogen-bond acceptors (Lipinski definition) is 2. The number of carbonyl (C=O) groups excluding carboxylic acids is 1. The lowest BCUT2D eigenvalue weighted by Crippen LogP contribution is -2.20. The van der Waals surface area contributed by atoms with E-state index in [9.17, 15) is 4.79 Å². The number of carbonyl (C=O) groups is 1. The monoisotopic (exact) mass is 318 g/mol. The summed E-state index contributed by atoms with van der Waals surface area (Å²) < 4.78 is 0. The van der Waals surface area contributed by atoms with E-state index in [0.29, 0.717) is 15.6 Å². The maximum atomic E-state index is 12.1. The summed E-state index contributed by atoms with van der Waals surface area (Å²) in [4.78, 5) is 12.1. The van der Waals surface area contributed by atoms with Crippen molar-refractivity contribution in [2.75, 3.05) is 0 Å². The standard InChI is InChI=1S/C16H12Cl2N2O/c17-12-5-6-14(15(18)9-12)16(21)20-19-13-7-10-3-1-2-4-11(10)8-13/h1-6,9H,7-8H2,(H,20,21). The van der Waals surface area contributed by atoms with Gasteiger partial charge in [0.15, 0.2) is 0 Å². The lowest BCUT2D eigenvalue weighted by Gasteiger charge is -2.04. The largest absolute Gasteiger partial charge is 0.272 e. The molecule has 1 aliphatic rings. The fourth-order valence-electron chi connectivity index (χ4n) is 2.35. The van der Waals surface area contributed by atoms with Crippen molar-refractivity contribution in [3.63, 3.8) is 0 Å². The molecule has 106 valence electrons. The van der Waals surface area contributed by atoms with Gasteiger partial charge in [0.2, 0.25) is 0 Å². The molecule has 0 radical (unpaired) electrons. The molecule has 3 nitrogen and oxygen atoms in total. The second-order valence-electron chi connectivity index (χ2n) is 4.87. The molecule has 0 unspecified atom stereocenters. The molecular formula is C16H12Cl2N2O. The van der Waals surface area contributed by atoms with E-state index in [1.165, 1.54) is 17.2 Å². The Morgan fingerprint density at radius 2 is 1.71 bits per heavy atom. The number of benzene rings is 2. The van der Waals surface area contributed by atoms with Crippen LogP contribution in [0.2, 0.25) is 10.0 Å². The van der Waals surface area contributed by atoms with Crippen molar-refractivity contribution in [3.05, 3.63) is 69.2 Å². The second-order valence-corrected chi connectivity index (χ2v) is 5.71. The topological polar surface area (TPSA) is 41.5 Å². The van der Waals surface area contributed by atoms with Crippen LogP contribution in [0.1, 0.15) is 21.5 Å². The zero-order valence-corrected chi connectivity index (χ0v) is 12.6. The maximum absolute atomic E-state index is 12.1. The average Bonchev–Trinajstić information content (AvgIpc) is 2.87. The van der Waals surface area contributed by atoms with Crippen LogP contribution in [0.15, 0.2) is 47.6 Å². The van der Waals surface area contributed by atoms with Crippen molar-refractivity contribution >= 4 is 34.8 Å². The molecule has 0 atom stereocenters. The molecule has 0 spiro atoms. The summed E-state index contributed by atoms with van der Waals surface area (Å²) in [6.07, 6.45) is 1.54. The van der Waals surface area contributed by atoms with E-state index in [2.05, 4.69) is 22.7 Å². The van der Waals surface area contributed by atoms with Crippen LogP contribution in [0.4, 0.5) is 0 Å². The highest BCUT2D eigenvalue weighted by Crippen LogP contribution is 2.21. The molecule has 1 aliphatic carbocycles. The summed E-state index contributed by atoms with van der Waals surface area (Å²) >= 11 is 11.8. The summed E-state index contributed by atoms with van der Waals surface area (Å²) in [5, 5.41) is 5.01. The van der Waals surface area contributed by atoms with E-state index in [1.54, 1.807) is 12.1 Å². The van der Waals surface area contributed by atoms with Crippen molar-refractivity contribution in [1.82, 2.24) is 5.43 Å². The fraction of sp³-hybridized carbons (Fsp3) is 0.125. The summed E-state index contributed by atoms with van der Waals surface area (Å²) in [5.74, 6) is -0.333. The van der Waals surface area contributed by atoms with Gasteiger partial charge in [0.25, 0.3) is 5.91 Å². The third-order valence-electron chi connectivity index (χ3n) is 3.40. The average molecular weight is 319 g/mol. The zero-order chi connectivity index (χ0) is 14.8. The van der Waals surface area contributed by atoms with E-state index < -0.39 is 0 Å². The van der Waals surface area contributed by atoms with Gasteiger partial charge in [-0.15, -0.1) is 0 Å². The molecule has 0 aromatic heterocycles. The van der Waals surface area contributed by atoms with Gasteiger partial charge >= 0.3 is 0 Å². The van der Waals surface area contributed by atoms with E-state index in [-0.39, 0.29) is 5.91 Å². The lowest BCUT2D eigenvalue weighted by atomic mass is 10.1. The Morgan fingerprint density at radius 3 is 2.33 bits per heavy atom. The minimum absolute atomic E-state index is 0.315. The molecule has 2 aromatic rings. The molecule has 0 heterocycles. The number of nitrogens with one attached hydrogen (secondary N) is 1. The highest BCUT2D eigenvalue weighted by molar-refractivity contribution is 6.36. The van der Waals surface area contributed by atoms with Crippen LogP contribution >= 0.6 is 23.2 Å². The summed E-state index contributed by atoms with van der Waals surface area (Å²) in [6, 6.07) is 12.9. The number of amides is 1. The smallest absolute Gasteiger partial charge is 0.267 e. The highest BCUT2D eigenvalue weighted by atomic mass is 35.5. The van der Waals surface area contributed by atoms with E-state index in [4.69, 9.17) is 23.2 Å². The van der Waals surface area contributed by atoms with Gasteiger partial charge in [-0.3, -0.25) is 4.79 Å². The molecule has 5 heteroatoms. The minimum Gasteiger partial charge on any atom is -0.267 e. The quantitative estimate of drug-likeness (QED) is 0.839. The van der Waals surface area contributed by atoms with Gasteiger partial charge in [-0.25, -0.2) is 5.43 Å². The van der Waals surface area contributed by atoms with Crippen molar-refractivity contribution in [2.24, 2.45) is 5.10 Å². The zero-order valence-electron chi connectivity index (χ0n) is 11.1. The molecule has 0 saturated heterocycles. The second kappa shape index (κ2) is 5.88. The summed E-state index contributed by atoms with van der Waals surface area (Å²) in [5.41, 5.74) is 6.38. The first-order valence-electron chi connectivity index (χ1n) is 6.51. The first-order valence-corrected chi connectivity index (χ1v) is 7.26. The van der Waals surface area contributed by atoms with Gasteiger partial charge in [-0.2, -0.15) is 5.10 Å². The third-order valence-corrected chi connectivity index (χ3v) is 3.95. The Kier molecular flexibility index (Phi) is 3.95. The van der Waals surface area contributed by atoms with Gasteiger partial charge in [0.05, 0.1) is 10.6 Å². The van der Waals surface area contributed by atoms with Crippen molar-refractivity contribution in [2.45, 2.75) is 12.8 Å². The first-order chi connectivity index (χ1) is 10.1. The first kappa shape index (κ1) is 14.1. The fourth-order valence-corrected chi connectivity index (χ4v) is 2.84. The normalized spacial score (nSPS) is 13.0. The van der Waals surface area contributed by atoms with Crippen LogP contribution in [0.25, 0.3) is 0 Å². The van der Waals surface area contributed by atoms with Crippen LogP contribution in [0, 0.1) is 0 Å². The van der Waals surface area contributed by atoms with Gasteiger partial charge < -0.3 is 0 Å². The maximum Gasteiger partial charge on any atom is 0.272 e. The predicted molar refractivity (Wildman–Crippen MR) is 85.2 cm³/mol. The molecule has 3 rings (SSSR count). The third kappa shape index (κ3) is 3.09. The van der Waals surface area contributed by atoms with E-state index >= 15 is 0 Å². The molecule has 0 aliphatic heterocycles. The van der Waals surface area contributed by atoms with Gasteiger partial charge in [0.1, 0.15) is 0 Å². The molecule has 1 amide bonds. The van der Waals surface area contributed by atoms with Crippen molar-refractivity contribution in [3.8, 4) is 0 Å². The van der Waals surface area contributed by atoms with E-state index in [1.807, 2.05) is 12.1 Å². The number of fused-ring (bicyclic) bond motifs is 1. The molecule has 0 fully saturated rings. The molecule has 1 N–H and O–H groups in total. The van der Waals surface area contributed by atoms with Crippen LogP contribution in [0.5, 0.6) is 0 Å². The number of halogens is 2. The SMILES string of the molecule is O=C(NN=C1Cc2ccccc2C1)c1ccc(Cl)cc1Cl. The highest BCUT2D eigenvalue weighted by Gasteiger charge is 2.17. The number of nitrogens with zero attached hydrogens (tertiary/aromatic N) is 1. The number of rotatable bonds is 2. The van der Waals surface area contributed by atoms with Gasteiger partial charge in [-0.1, -0.05) is 47.5 Å². The Bertz CT molecular complexity index is 714. The van der Waals surface area contributed by atoms with Gasteiger partial charge in [0, 0.05) is 23.6 Å². The Labute approximate surface area is 132 Å². The summed E-state index contributed by atoms with van der Waals surface area (Å²) in [7, 11) is 0. The Hall–Kier alpha value is -1.84. The van der Waals surface area contributed by atoms with Crippen LogP contribution in [-0.4, -0.2) is 11.6 Å². The van der Waals surface area contributed by atoms with Crippen LogP contribution < -0.4 is 5.43 Å². The lowest BCUT2D eigenvalue weighted by molar-refractivity contribution is 0.0955. The van der Waals surface area contributed by atoms with Gasteiger partial charge in [-0.05, 0) is 29.3 Å². The minimum atomic E-state index is -0.333. The number of hydrazone groups is 1. The van der Waals surface area contributed by atoms with E-state index in [0.717, 1.165) is 18.6 Å². The molecule has 0 bridgehead atoms. The van der Waals surface area contributed by atoms with Crippen LogP contribution in [-0.2, 0) is 12.8 Å². The molecule has 0 saturated carbocycles. The Balaban J connectivity index is 1.71. The molecular weight excluding hydrogens is 307 g/mol. The summed E-state index contributed by atoms with van der Waals surface area (Å²) in [6.45, 7) is 0.